The van der Waals surface area contributed by atoms with Crippen LogP contribution in [0.2, 0.25) is 0 Å². The number of nitrogens with one attached hydrogen (secondary N) is 1. The van der Waals surface area contributed by atoms with E-state index >= 15 is 0 Å². The summed E-state index contributed by atoms with van der Waals surface area (Å²) in [5.41, 5.74) is 2.30. The second-order valence-electron chi connectivity index (χ2n) is 7.90. The first-order chi connectivity index (χ1) is 16.0. The number of fused-ring (bicyclic) bond motifs is 1. The Hall–Kier alpha value is -4.32. The van der Waals surface area contributed by atoms with Gasteiger partial charge in [0.2, 0.25) is 11.8 Å². The Morgan fingerprint density at radius 3 is 2.58 bits per heavy atom. The van der Waals surface area contributed by atoms with Gasteiger partial charge in [-0.2, -0.15) is 5.26 Å². The highest BCUT2D eigenvalue weighted by Gasteiger charge is 2.39. The molecule has 9 nitrogen and oxygen atoms in total. The lowest BCUT2D eigenvalue weighted by molar-refractivity contribution is -0.131. The number of benzene rings is 2. The number of likely N-dealkylation sites (tertiary alicyclic amines) is 1. The van der Waals surface area contributed by atoms with E-state index in [4.69, 9.17) is 0 Å². The van der Waals surface area contributed by atoms with Gasteiger partial charge in [0, 0.05) is 37.2 Å². The van der Waals surface area contributed by atoms with Gasteiger partial charge in [-0.3, -0.25) is 24.4 Å². The lowest BCUT2D eigenvalue weighted by atomic mass is 10.1. The molecule has 1 N–H and O–H groups in total. The third kappa shape index (κ3) is 4.80. The van der Waals surface area contributed by atoms with Gasteiger partial charge >= 0.3 is 0 Å². The van der Waals surface area contributed by atoms with Crippen molar-refractivity contribution in [2.24, 2.45) is 5.92 Å². The standard InChI is InChI=1S/C24H22N6O3/c1-29(24(33)16-7-8-20-21(12-16)27-10-9-26-20)15-22(31)30-14-17(11-19(30)13-25)23(32)28-18-5-3-2-4-6-18/h2-10,12,17,19H,11,14-15H2,1H3,(H,28,32). The number of carbonyl (C=O) groups excluding carboxylic acids is 3. The van der Waals surface area contributed by atoms with Crippen LogP contribution in [0.4, 0.5) is 5.69 Å². The van der Waals surface area contributed by atoms with E-state index in [1.807, 2.05) is 18.2 Å². The minimum absolute atomic E-state index is 0.128. The molecule has 2 heterocycles. The number of aromatic nitrogens is 2. The number of rotatable bonds is 5. The minimum atomic E-state index is -0.719. The summed E-state index contributed by atoms with van der Waals surface area (Å²) in [7, 11) is 1.53. The number of carbonyl (C=O) groups is 3. The predicted molar refractivity (Wildman–Crippen MR) is 121 cm³/mol. The van der Waals surface area contributed by atoms with Crippen molar-refractivity contribution in [3.63, 3.8) is 0 Å². The smallest absolute Gasteiger partial charge is 0.254 e. The number of nitriles is 1. The van der Waals surface area contributed by atoms with E-state index in [-0.39, 0.29) is 37.2 Å². The molecule has 0 spiro atoms. The maximum Gasteiger partial charge on any atom is 0.254 e. The van der Waals surface area contributed by atoms with Gasteiger partial charge in [0.1, 0.15) is 6.04 Å². The summed E-state index contributed by atoms with van der Waals surface area (Å²) in [5.74, 6) is -1.47. The van der Waals surface area contributed by atoms with E-state index in [1.54, 1.807) is 42.7 Å². The van der Waals surface area contributed by atoms with Crippen LogP contribution < -0.4 is 5.32 Å². The molecule has 3 aromatic rings. The Balaban J connectivity index is 1.40. The molecule has 2 aromatic carbocycles. The van der Waals surface area contributed by atoms with Crippen molar-refractivity contribution in [3.8, 4) is 6.07 Å². The van der Waals surface area contributed by atoms with E-state index in [9.17, 15) is 19.6 Å². The molecule has 0 saturated carbocycles. The molecule has 3 amide bonds. The largest absolute Gasteiger partial charge is 0.332 e. The van der Waals surface area contributed by atoms with E-state index < -0.39 is 12.0 Å². The molecule has 1 aromatic heterocycles. The lowest BCUT2D eigenvalue weighted by Gasteiger charge is -2.24. The second kappa shape index (κ2) is 9.44. The van der Waals surface area contributed by atoms with Crippen molar-refractivity contribution in [3.05, 3.63) is 66.5 Å². The molecule has 0 radical (unpaired) electrons. The zero-order chi connectivity index (χ0) is 23.4. The van der Waals surface area contributed by atoms with Gasteiger partial charge in [-0.05, 0) is 36.8 Å². The molecule has 2 unspecified atom stereocenters. The van der Waals surface area contributed by atoms with Crippen molar-refractivity contribution < 1.29 is 14.4 Å². The Labute approximate surface area is 190 Å². The fourth-order valence-electron chi connectivity index (χ4n) is 3.87. The summed E-state index contributed by atoms with van der Waals surface area (Å²) in [6.45, 7) is -0.0775. The van der Waals surface area contributed by atoms with E-state index in [0.29, 0.717) is 22.3 Å². The Kier molecular flexibility index (Phi) is 6.26. The van der Waals surface area contributed by atoms with E-state index in [0.717, 1.165) is 0 Å². The molecule has 2 atom stereocenters. The summed E-state index contributed by atoms with van der Waals surface area (Å²) in [6, 6.07) is 15.4. The van der Waals surface area contributed by atoms with Crippen LogP contribution in [0.15, 0.2) is 60.9 Å². The van der Waals surface area contributed by atoms with Crippen LogP contribution in [0.1, 0.15) is 16.8 Å². The van der Waals surface area contributed by atoms with E-state index in [1.165, 1.54) is 16.8 Å². The van der Waals surface area contributed by atoms with Gasteiger partial charge in [-0.15, -0.1) is 0 Å². The molecule has 0 bridgehead atoms. The number of amides is 3. The summed E-state index contributed by atoms with van der Waals surface area (Å²) in [6.07, 6.45) is 3.37. The third-order valence-corrected chi connectivity index (χ3v) is 5.62. The molecule has 9 heteroatoms. The number of nitrogens with zero attached hydrogens (tertiary/aromatic N) is 5. The molecule has 1 fully saturated rings. The van der Waals surface area contributed by atoms with E-state index in [2.05, 4.69) is 21.4 Å². The van der Waals surface area contributed by atoms with Crippen LogP contribution in [0, 0.1) is 17.2 Å². The topological polar surface area (TPSA) is 119 Å². The molecule has 33 heavy (non-hydrogen) atoms. The SMILES string of the molecule is CN(CC(=O)N1CC(C(=O)Nc2ccccc2)CC1C#N)C(=O)c1ccc2nccnc2c1. The predicted octanol–water partition coefficient (Wildman–Crippen LogP) is 2.08. The number of para-hydroxylation sites is 1. The van der Waals surface area contributed by atoms with Crippen molar-refractivity contribution in [1.29, 1.82) is 5.26 Å². The van der Waals surface area contributed by atoms with Crippen LogP contribution in [-0.2, 0) is 9.59 Å². The molecule has 0 aliphatic carbocycles. The zero-order valence-electron chi connectivity index (χ0n) is 18.0. The van der Waals surface area contributed by atoms with Gasteiger partial charge in [0.05, 0.1) is 29.6 Å². The van der Waals surface area contributed by atoms with Crippen molar-refractivity contribution in [1.82, 2.24) is 19.8 Å². The normalized spacial score (nSPS) is 17.4. The van der Waals surface area contributed by atoms with Crippen LogP contribution in [-0.4, -0.2) is 63.7 Å². The van der Waals surface area contributed by atoms with Gasteiger partial charge in [-0.25, -0.2) is 0 Å². The van der Waals surface area contributed by atoms with Crippen LogP contribution in [0.25, 0.3) is 11.0 Å². The fourth-order valence-corrected chi connectivity index (χ4v) is 3.87. The van der Waals surface area contributed by atoms with Crippen LogP contribution >= 0.6 is 0 Å². The molecule has 166 valence electrons. The summed E-state index contributed by atoms with van der Waals surface area (Å²) in [5, 5.41) is 12.3. The van der Waals surface area contributed by atoms with Gasteiger partial charge < -0.3 is 15.1 Å². The highest BCUT2D eigenvalue weighted by molar-refractivity contribution is 5.99. The first kappa shape index (κ1) is 21.9. The maximum atomic E-state index is 12.9. The second-order valence-corrected chi connectivity index (χ2v) is 7.90. The Bertz CT molecular complexity index is 1240. The van der Waals surface area contributed by atoms with Crippen LogP contribution in [0.5, 0.6) is 0 Å². The summed E-state index contributed by atoms with van der Waals surface area (Å²) in [4.78, 5) is 49.5. The lowest BCUT2D eigenvalue weighted by Crippen LogP contribution is -2.43. The van der Waals surface area contributed by atoms with Crippen molar-refractivity contribution >= 4 is 34.4 Å². The maximum absolute atomic E-state index is 12.9. The zero-order valence-corrected chi connectivity index (χ0v) is 18.0. The highest BCUT2D eigenvalue weighted by atomic mass is 16.2. The molecule has 4 rings (SSSR count). The van der Waals surface area contributed by atoms with Gasteiger partial charge in [-0.1, -0.05) is 18.2 Å². The Morgan fingerprint density at radius 1 is 1.12 bits per heavy atom. The fraction of sp³-hybridized carbons (Fsp3) is 0.250. The number of hydrogen-bond acceptors (Lipinski definition) is 6. The summed E-state index contributed by atoms with van der Waals surface area (Å²) < 4.78 is 0. The Morgan fingerprint density at radius 2 is 1.85 bits per heavy atom. The first-order valence-corrected chi connectivity index (χ1v) is 10.5. The average Bonchev–Trinajstić information content (AvgIpc) is 3.29. The molecular weight excluding hydrogens is 420 g/mol. The van der Waals surface area contributed by atoms with Crippen LogP contribution in [0.3, 0.4) is 0 Å². The first-order valence-electron chi connectivity index (χ1n) is 10.5. The number of likely N-dealkylation sites (N-methyl/N-ethyl adjacent to an activating group) is 1. The number of anilines is 1. The molecule has 1 aliphatic heterocycles. The minimum Gasteiger partial charge on any atom is -0.332 e. The average molecular weight is 442 g/mol. The van der Waals surface area contributed by atoms with Gasteiger partial charge in [0.15, 0.2) is 0 Å². The number of hydrogen-bond donors (Lipinski definition) is 1. The molecule has 1 aliphatic rings. The van der Waals surface area contributed by atoms with Crippen molar-refractivity contribution in [2.45, 2.75) is 12.5 Å². The third-order valence-electron chi connectivity index (χ3n) is 5.62. The summed E-state index contributed by atoms with van der Waals surface area (Å²) >= 11 is 0. The van der Waals surface area contributed by atoms with Gasteiger partial charge in [0.25, 0.3) is 5.91 Å². The quantitative estimate of drug-likeness (QED) is 0.646. The monoisotopic (exact) mass is 442 g/mol. The highest BCUT2D eigenvalue weighted by Crippen LogP contribution is 2.25. The molecule has 1 saturated heterocycles. The van der Waals surface area contributed by atoms with Crippen molar-refractivity contribution in [2.75, 3.05) is 25.5 Å². The molecular formula is C24H22N6O3.